The van der Waals surface area contributed by atoms with Gasteiger partial charge in [-0.3, -0.25) is 4.79 Å². The van der Waals surface area contributed by atoms with Crippen molar-refractivity contribution in [1.82, 2.24) is 4.98 Å². The summed E-state index contributed by atoms with van der Waals surface area (Å²) in [7, 11) is 1.50. The summed E-state index contributed by atoms with van der Waals surface area (Å²) < 4.78 is 18.4. The molecule has 104 valence electrons. The number of rotatable bonds is 4. The number of ketones is 1. The second kappa shape index (κ2) is 6.33. The molecule has 0 amide bonds. The number of methoxy groups -OCH3 is 1. The Kier molecular flexibility index (Phi) is 4.73. The van der Waals surface area contributed by atoms with Crippen molar-refractivity contribution in [2.45, 2.75) is 0 Å². The standard InChI is InChI=1S/C14H10BrClFNO2/c1-20-13-5-4-11(12(19)7-15)18-14(13)8-2-3-10(17)9(16)6-8/h2-6H,7H2,1H3. The number of nitrogens with zero attached hydrogens (tertiary/aromatic N) is 1. The van der Waals surface area contributed by atoms with Crippen LogP contribution in [0.4, 0.5) is 4.39 Å². The highest BCUT2D eigenvalue weighted by Crippen LogP contribution is 2.30. The van der Waals surface area contributed by atoms with E-state index in [4.69, 9.17) is 16.3 Å². The van der Waals surface area contributed by atoms with Gasteiger partial charge in [0.15, 0.2) is 5.78 Å². The normalized spacial score (nSPS) is 10.4. The minimum absolute atomic E-state index is 0.0106. The number of carbonyl (C=O) groups excluding carboxylic acids is 1. The Hall–Kier alpha value is -1.46. The van der Waals surface area contributed by atoms with Crippen molar-refractivity contribution in [2.75, 3.05) is 12.4 Å². The van der Waals surface area contributed by atoms with Crippen LogP contribution in [-0.2, 0) is 0 Å². The molecule has 0 atom stereocenters. The lowest BCUT2D eigenvalue weighted by Gasteiger charge is -2.09. The number of carbonyl (C=O) groups is 1. The molecule has 0 aliphatic heterocycles. The number of alkyl halides is 1. The summed E-state index contributed by atoms with van der Waals surface area (Å²) >= 11 is 8.87. The van der Waals surface area contributed by atoms with Crippen LogP contribution in [0.5, 0.6) is 5.75 Å². The fraction of sp³-hybridized carbons (Fsp3) is 0.143. The molecule has 0 unspecified atom stereocenters. The van der Waals surface area contributed by atoms with Crippen LogP contribution in [0.25, 0.3) is 11.3 Å². The highest BCUT2D eigenvalue weighted by Gasteiger charge is 2.14. The maximum Gasteiger partial charge on any atom is 0.191 e. The number of halogens is 3. The molecule has 0 aliphatic rings. The summed E-state index contributed by atoms with van der Waals surface area (Å²) in [6.45, 7) is 0. The largest absolute Gasteiger partial charge is 0.494 e. The fourth-order valence-corrected chi connectivity index (χ4v) is 2.15. The van der Waals surface area contributed by atoms with E-state index >= 15 is 0 Å². The maximum atomic E-state index is 13.2. The average molecular weight is 359 g/mol. The van der Waals surface area contributed by atoms with Crippen molar-refractivity contribution >= 4 is 33.3 Å². The van der Waals surface area contributed by atoms with Crippen molar-refractivity contribution in [3.63, 3.8) is 0 Å². The zero-order valence-electron chi connectivity index (χ0n) is 10.5. The number of aromatic nitrogens is 1. The predicted molar refractivity (Wildman–Crippen MR) is 79.3 cm³/mol. The first-order chi connectivity index (χ1) is 9.56. The third-order valence-electron chi connectivity index (χ3n) is 2.68. The van der Waals surface area contributed by atoms with E-state index in [1.807, 2.05) is 0 Å². The number of hydrogen-bond donors (Lipinski definition) is 0. The average Bonchev–Trinajstić information content (AvgIpc) is 2.48. The van der Waals surface area contributed by atoms with Crippen molar-refractivity contribution in [3.8, 4) is 17.0 Å². The molecule has 0 spiro atoms. The number of pyridine rings is 1. The lowest BCUT2D eigenvalue weighted by Crippen LogP contribution is -2.05. The van der Waals surface area contributed by atoms with Gasteiger partial charge in [0.25, 0.3) is 0 Å². The minimum Gasteiger partial charge on any atom is -0.494 e. The van der Waals surface area contributed by atoms with Crippen LogP contribution in [-0.4, -0.2) is 23.2 Å². The van der Waals surface area contributed by atoms with E-state index < -0.39 is 5.82 Å². The second-order valence-electron chi connectivity index (χ2n) is 3.93. The Morgan fingerprint density at radius 1 is 1.40 bits per heavy atom. The molecule has 0 N–H and O–H groups in total. The number of hydrogen-bond acceptors (Lipinski definition) is 3. The van der Waals surface area contributed by atoms with Crippen molar-refractivity contribution in [1.29, 1.82) is 0 Å². The molecule has 0 saturated heterocycles. The van der Waals surface area contributed by atoms with Crippen LogP contribution >= 0.6 is 27.5 Å². The third kappa shape index (κ3) is 2.99. The van der Waals surface area contributed by atoms with E-state index in [2.05, 4.69) is 20.9 Å². The molecule has 6 heteroatoms. The molecule has 2 aromatic rings. The quantitative estimate of drug-likeness (QED) is 0.609. The van der Waals surface area contributed by atoms with Crippen LogP contribution in [0.15, 0.2) is 30.3 Å². The molecule has 0 aliphatic carbocycles. The Balaban J connectivity index is 2.57. The predicted octanol–water partition coefficient (Wildman–Crippen LogP) is 4.13. The fourth-order valence-electron chi connectivity index (χ4n) is 1.69. The molecular weight excluding hydrogens is 349 g/mol. The molecule has 1 aromatic carbocycles. The van der Waals surface area contributed by atoms with E-state index in [1.54, 1.807) is 12.1 Å². The topological polar surface area (TPSA) is 39.2 Å². The summed E-state index contributed by atoms with van der Waals surface area (Å²) in [6, 6.07) is 7.46. The van der Waals surface area contributed by atoms with E-state index in [0.29, 0.717) is 22.7 Å². The Bertz CT molecular complexity index is 664. The lowest BCUT2D eigenvalue weighted by atomic mass is 10.1. The molecule has 0 fully saturated rings. The number of ether oxygens (including phenoxy) is 1. The number of benzene rings is 1. The van der Waals surface area contributed by atoms with Gasteiger partial charge in [-0.05, 0) is 30.3 Å². The smallest absolute Gasteiger partial charge is 0.191 e. The highest BCUT2D eigenvalue weighted by molar-refractivity contribution is 9.09. The van der Waals surface area contributed by atoms with E-state index in [1.165, 1.54) is 25.3 Å². The summed E-state index contributed by atoms with van der Waals surface area (Å²) in [5.74, 6) is -0.178. The van der Waals surface area contributed by atoms with E-state index in [9.17, 15) is 9.18 Å². The van der Waals surface area contributed by atoms with Gasteiger partial charge in [-0.2, -0.15) is 0 Å². The van der Waals surface area contributed by atoms with E-state index in [0.717, 1.165) is 0 Å². The van der Waals surface area contributed by atoms with Crippen LogP contribution < -0.4 is 4.74 Å². The lowest BCUT2D eigenvalue weighted by molar-refractivity contribution is 0.101. The van der Waals surface area contributed by atoms with Crippen molar-refractivity contribution in [3.05, 3.63) is 46.9 Å². The summed E-state index contributed by atoms with van der Waals surface area (Å²) in [5, 5.41) is 0.166. The molecule has 20 heavy (non-hydrogen) atoms. The molecule has 1 heterocycles. The molecule has 0 saturated carbocycles. The van der Waals surface area contributed by atoms with Gasteiger partial charge < -0.3 is 4.74 Å². The van der Waals surface area contributed by atoms with Crippen molar-refractivity contribution < 1.29 is 13.9 Å². The van der Waals surface area contributed by atoms with Gasteiger partial charge in [0.2, 0.25) is 0 Å². The molecule has 0 radical (unpaired) electrons. The van der Waals surface area contributed by atoms with Gasteiger partial charge in [-0.15, -0.1) is 0 Å². The first-order valence-corrected chi connectivity index (χ1v) is 7.16. The van der Waals surface area contributed by atoms with Gasteiger partial charge in [0, 0.05) is 5.56 Å². The minimum atomic E-state index is -0.512. The second-order valence-corrected chi connectivity index (χ2v) is 4.90. The van der Waals surface area contributed by atoms with Crippen LogP contribution in [0.3, 0.4) is 0 Å². The maximum absolute atomic E-state index is 13.2. The summed E-state index contributed by atoms with van der Waals surface area (Å²) in [4.78, 5) is 16.0. The Labute approximate surface area is 128 Å². The van der Waals surface area contributed by atoms with Gasteiger partial charge in [-0.25, -0.2) is 9.37 Å². The van der Waals surface area contributed by atoms with Crippen LogP contribution in [0.2, 0.25) is 5.02 Å². The monoisotopic (exact) mass is 357 g/mol. The van der Waals surface area contributed by atoms with Gasteiger partial charge >= 0.3 is 0 Å². The van der Waals surface area contributed by atoms with Crippen LogP contribution in [0, 0.1) is 5.82 Å². The SMILES string of the molecule is COc1ccc(C(=O)CBr)nc1-c1ccc(F)c(Cl)c1. The summed E-state index contributed by atoms with van der Waals surface area (Å²) in [6.07, 6.45) is 0. The first kappa shape index (κ1) is 14.9. The zero-order valence-corrected chi connectivity index (χ0v) is 12.8. The first-order valence-electron chi connectivity index (χ1n) is 5.66. The number of Topliss-reactive ketones (excluding diaryl/α,β-unsaturated/α-hetero) is 1. The van der Waals surface area contributed by atoms with Crippen molar-refractivity contribution in [2.24, 2.45) is 0 Å². The molecule has 2 rings (SSSR count). The zero-order chi connectivity index (χ0) is 14.7. The Morgan fingerprint density at radius 3 is 2.75 bits per heavy atom. The third-order valence-corrected chi connectivity index (χ3v) is 3.48. The van der Waals surface area contributed by atoms with Gasteiger partial charge in [0.1, 0.15) is 23.0 Å². The van der Waals surface area contributed by atoms with Gasteiger partial charge in [-0.1, -0.05) is 27.5 Å². The van der Waals surface area contributed by atoms with E-state index in [-0.39, 0.29) is 16.1 Å². The highest BCUT2D eigenvalue weighted by atomic mass is 79.9. The summed E-state index contributed by atoms with van der Waals surface area (Å²) in [5.41, 5.74) is 1.33. The van der Waals surface area contributed by atoms with Gasteiger partial charge in [0.05, 0.1) is 17.5 Å². The van der Waals surface area contributed by atoms with Crippen LogP contribution in [0.1, 0.15) is 10.5 Å². The molecular formula is C14H10BrClFNO2. The molecule has 3 nitrogen and oxygen atoms in total. The molecule has 0 bridgehead atoms. The Morgan fingerprint density at radius 2 is 2.15 bits per heavy atom. The molecule has 1 aromatic heterocycles.